The first-order valence-electron chi connectivity index (χ1n) is 12.6. The standard InChI is InChI=1S/C27H29N5O2.C2H6.CH4/c1-18(2)26(3,23-12-11-22(16-30-23)33-17-21-6-4-5-15-29-21)20-9-7-19(8-10-20)24-31-25(34-32-24)27(28)13-14-27;1-2;/h4-12,15-16,18H,13-14,17,28H2,1-3H3;1-2H3;1H4. The number of nitrogens with zero attached hydrogens (tertiary/aromatic N) is 4. The van der Waals surface area contributed by atoms with Gasteiger partial charge in [0.1, 0.15) is 12.4 Å². The van der Waals surface area contributed by atoms with Gasteiger partial charge in [0, 0.05) is 17.2 Å². The Morgan fingerprint density at radius 2 is 1.76 bits per heavy atom. The molecule has 1 aliphatic carbocycles. The number of pyridine rings is 2. The van der Waals surface area contributed by atoms with Crippen molar-refractivity contribution in [3.8, 4) is 17.1 Å². The molecule has 1 aromatic carbocycles. The first-order valence-corrected chi connectivity index (χ1v) is 12.6. The minimum absolute atomic E-state index is 0. The molecule has 196 valence electrons. The van der Waals surface area contributed by atoms with Crippen LogP contribution in [0.3, 0.4) is 0 Å². The molecule has 0 saturated heterocycles. The van der Waals surface area contributed by atoms with Gasteiger partial charge in [0.25, 0.3) is 0 Å². The maximum atomic E-state index is 6.18. The summed E-state index contributed by atoms with van der Waals surface area (Å²) in [7, 11) is 0. The van der Waals surface area contributed by atoms with Crippen molar-refractivity contribution in [1.29, 1.82) is 0 Å². The third kappa shape index (κ3) is 5.88. The minimum atomic E-state index is -0.430. The number of hydrogen-bond donors (Lipinski definition) is 1. The molecule has 3 aromatic heterocycles. The van der Waals surface area contributed by atoms with E-state index in [1.165, 1.54) is 5.56 Å². The van der Waals surface area contributed by atoms with Crippen LogP contribution in [-0.2, 0) is 17.6 Å². The fraction of sp³-hybridized carbons (Fsp3) is 0.400. The van der Waals surface area contributed by atoms with Crippen LogP contribution in [0.15, 0.2) is 71.5 Å². The van der Waals surface area contributed by atoms with Gasteiger partial charge in [-0.2, -0.15) is 4.98 Å². The van der Waals surface area contributed by atoms with Crippen LogP contribution in [0.4, 0.5) is 0 Å². The number of nitrogens with two attached hydrogens (primary N) is 1. The predicted molar refractivity (Wildman–Crippen MR) is 147 cm³/mol. The fourth-order valence-corrected chi connectivity index (χ4v) is 4.05. The summed E-state index contributed by atoms with van der Waals surface area (Å²) in [5.74, 6) is 2.12. The normalized spacial score (nSPS) is 15.1. The molecule has 1 aliphatic rings. The summed E-state index contributed by atoms with van der Waals surface area (Å²) < 4.78 is 11.3. The van der Waals surface area contributed by atoms with Crippen LogP contribution in [0.5, 0.6) is 5.75 Å². The Kier molecular flexibility index (Phi) is 8.81. The van der Waals surface area contributed by atoms with Gasteiger partial charge in [-0.15, -0.1) is 0 Å². The zero-order valence-electron chi connectivity index (χ0n) is 21.7. The SMILES string of the molecule is C.CC.CC(C)C(C)(c1ccc(-c2noc(C3(N)CC3)n2)cc1)c1ccc(OCc2ccccn2)cn1. The van der Waals surface area contributed by atoms with Gasteiger partial charge in [-0.05, 0) is 55.5 Å². The van der Waals surface area contributed by atoms with E-state index in [9.17, 15) is 0 Å². The van der Waals surface area contributed by atoms with Gasteiger partial charge in [0.2, 0.25) is 11.7 Å². The van der Waals surface area contributed by atoms with Crippen molar-refractivity contribution in [2.24, 2.45) is 11.7 Å². The quantitative estimate of drug-likeness (QED) is 0.287. The first-order chi connectivity index (χ1) is 17.4. The largest absolute Gasteiger partial charge is 0.486 e. The molecule has 3 heterocycles. The average Bonchev–Trinajstić information content (AvgIpc) is 3.47. The summed E-state index contributed by atoms with van der Waals surface area (Å²) in [4.78, 5) is 13.6. The number of benzene rings is 1. The number of rotatable bonds is 8. The first kappa shape index (κ1) is 28.0. The molecule has 1 atom stereocenters. The molecule has 4 aromatic rings. The fourth-order valence-electron chi connectivity index (χ4n) is 4.05. The van der Waals surface area contributed by atoms with Crippen LogP contribution in [0.25, 0.3) is 11.4 Å². The lowest BCUT2D eigenvalue weighted by Gasteiger charge is -2.34. The summed E-state index contributed by atoms with van der Waals surface area (Å²) in [6, 6.07) is 18.1. The molecule has 0 aliphatic heterocycles. The van der Waals surface area contributed by atoms with E-state index in [1.807, 2.05) is 56.3 Å². The van der Waals surface area contributed by atoms with Crippen LogP contribution >= 0.6 is 0 Å². The van der Waals surface area contributed by atoms with E-state index in [2.05, 4.69) is 48.0 Å². The lowest BCUT2D eigenvalue weighted by molar-refractivity contribution is 0.299. The van der Waals surface area contributed by atoms with E-state index < -0.39 is 5.54 Å². The number of ether oxygens (including phenoxy) is 1. The van der Waals surface area contributed by atoms with E-state index in [-0.39, 0.29) is 12.8 Å². The molecule has 0 radical (unpaired) electrons. The molecule has 0 spiro atoms. The van der Waals surface area contributed by atoms with Crippen LogP contribution < -0.4 is 10.5 Å². The average molecular weight is 502 g/mol. The second kappa shape index (κ2) is 11.6. The van der Waals surface area contributed by atoms with Gasteiger partial charge in [0.05, 0.1) is 23.1 Å². The maximum absolute atomic E-state index is 6.18. The van der Waals surface area contributed by atoms with Gasteiger partial charge >= 0.3 is 0 Å². The zero-order chi connectivity index (χ0) is 25.8. The smallest absolute Gasteiger partial charge is 0.247 e. The monoisotopic (exact) mass is 501 g/mol. The van der Waals surface area contributed by atoms with Crippen molar-refractivity contribution in [3.63, 3.8) is 0 Å². The maximum Gasteiger partial charge on any atom is 0.247 e. The van der Waals surface area contributed by atoms with Gasteiger partial charge in [-0.25, -0.2) is 0 Å². The highest BCUT2D eigenvalue weighted by atomic mass is 16.5. The van der Waals surface area contributed by atoms with Gasteiger partial charge < -0.3 is 15.0 Å². The van der Waals surface area contributed by atoms with Gasteiger partial charge in [-0.1, -0.05) is 70.6 Å². The lowest BCUT2D eigenvalue weighted by atomic mass is 9.70. The highest BCUT2D eigenvalue weighted by Crippen LogP contribution is 2.42. The summed E-state index contributed by atoms with van der Waals surface area (Å²) in [5, 5.41) is 4.13. The van der Waals surface area contributed by atoms with E-state index >= 15 is 0 Å². The third-order valence-corrected chi connectivity index (χ3v) is 6.92. The molecule has 5 rings (SSSR count). The van der Waals surface area contributed by atoms with Gasteiger partial charge in [-0.3, -0.25) is 9.97 Å². The Bertz CT molecular complexity index is 1250. The Labute approximate surface area is 220 Å². The Morgan fingerprint density at radius 3 is 2.32 bits per heavy atom. The van der Waals surface area contributed by atoms with Gasteiger partial charge in [0.15, 0.2) is 0 Å². The minimum Gasteiger partial charge on any atom is -0.486 e. The Morgan fingerprint density at radius 1 is 1.03 bits per heavy atom. The number of hydrogen-bond acceptors (Lipinski definition) is 7. The topological polar surface area (TPSA) is 100.0 Å². The van der Waals surface area contributed by atoms with Crippen molar-refractivity contribution < 1.29 is 9.26 Å². The van der Waals surface area contributed by atoms with Crippen molar-refractivity contribution in [2.45, 2.75) is 72.4 Å². The van der Waals surface area contributed by atoms with E-state index in [0.29, 0.717) is 24.2 Å². The van der Waals surface area contributed by atoms with Crippen molar-refractivity contribution >= 4 is 0 Å². The second-order valence-corrected chi connectivity index (χ2v) is 9.50. The van der Waals surface area contributed by atoms with E-state index in [0.717, 1.165) is 35.5 Å². The molecule has 7 nitrogen and oxygen atoms in total. The highest BCUT2D eigenvalue weighted by Gasteiger charge is 2.45. The lowest BCUT2D eigenvalue weighted by Crippen LogP contribution is -2.31. The summed E-state index contributed by atoms with van der Waals surface area (Å²) >= 11 is 0. The summed E-state index contributed by atoms with van der Waals surface area (Å²) in [5.41, 5.74) is 9.41. The molecule has 37 heavy (non-hydrogen) atoms. The Hall–Kier alpha value is -3.58. The van der Waals surface area contributed by atoms with Crippen molar-refractivity contribution in [3.05, 3.63) is 89.8 Å². The Balaban J connectivity index is 0.00000124. The highest BCUT2D eigenvalue weighted by molar-refractivity contribution is 5.56. The predicted octanol–water partition coefficient (Wildman–Crippen LogP) is 6.68. The van der Waals surface area contributed by atoms with Crippen molar-refractivity contribution in [2.75, 3.05) is 0 Å². The molecular formula is C30H39N5O2. The molecule has 1 unspecified atom stereocenters. The summed E-state index contributed by atoms with van der Waals surface area (Å²) in [6.07, 6.45) is 5.33. The third-order valence-electron chi connectivity index (χ3n) is 6.92. The molecule has 2 N–H and O–H groups in total. The van der Waals surface area contributed by atoms with E-state index in [4.69, 9.17) is 20.0 Å². The van der Waals surface area contributed by atoms with Crippen LogP contribution in [0.2, 0.25) is 0 Å². The summed E-state index contributed by atoms with van der Waals surface area (Å²) in [6.45, 7) is 11.1. The number of aromatic nitrogens is 4. The zero-order valence-corrected chi connectivity index (χ0v) is 21.7. The molecule has 1 fully saturated rings. The molecule has 7 heteroatoms. The molecule has 0 bridgehead atoms. The van der Waals surface area contributed by atoms with E-state index in [1.54, 1.807) is 12.4 Å². The van der Waals surface area contributed by atoms with Crippen LogP contribution in [-0.4, -0.2) is 20.1 Å². The van der Waals surface area contributed by atoms with Crippen molar-refractivity contribution in [1.82, 2.24) is 20.1 Å². The second-order valence-electron chi connectivity index (χ2n) is 9.50. The molecular weight excluding hydrogens is 462 g/mol. The molecule has 1 saturated carbocycles. The molecule has 0 amide bonds. The van der Waals surface area contributed by atoms with Crippen LogP contribution in [0.1, 0.15) is 77.7 Å². The van der Waals surface area contributed by atoms with Crippen LogP contribution in [0, 0.1) is 5.92 Å².